The summed E-state index contributed by atoms with van der Waals surface area (Å²) in [6.45, 7) is 8.34. The number of carbonyl (C=O) groups excluding carboxylic acids is 1. The van der Waals surface area contributed by atoms with E-state index in [1.54, 1.807) is 5.51 Å². The Balaban J connectivity index is 1.52. The molecule has 0 radical (unpaired) electrons. The van der Waals surface area contributed by atoms with Crippen molar-refractivity contribution in [3.05, 3.63) is 82.9 Å². The van der Waals surface area contributed by atoms with Gasteiger partial charge >= 0.3 is 0 Å². The summed E-state index contributed by atoms with van der Waals surface area (Å²) >= 11 is 1.30. The van der Waals surface area contributed by atoms with E-state index in [0.29, 0.717) is 16.9 Å². The first kappa shape index (κ1) is 23.2. The molecule has 4 aromatic rings. The molecule has 0 unspecified atom stereocenters. The Morgan fingerprint density at radius 1 is 1.06 bits per heavy atom. The molecule has 5 rings (SSSR count). The van der Waals surface area contributed by atoms with Gasteiger partial charge in [0.1, 0.15) is 11.3 Å². The lowest BCUT2D eigenvalue weighted by Crippen LogP contribution is -2.38. The molecule has 1 amide bonds. The van der Waals surface area contributed by atoms with Crippen LogP contribution in [0.5, 0.6) is 11.6 Å². The van der Waals surface area contributed by atoms with Crippen LogP contribution in [-0.4, -0.2) is 21.1 Å². The van der Waals surface area contributed by atoms with Crippen molar-refractivity contribution < 1.29 is 9.53 Å². The predicted molar refractivity (Wildman–Crippen MR) is 139 cm³/mol. The number of anilines is 1. The van der Waals surface area contributed by atoms with Crippen LogP contribution >= 0.6 is 11.3 Å². The fourth-order valence-electron chi connectivity index (χ4n) is 4.67. The van der Waals surface area contributed by atoms with Crippen molar-refractivity contribution in [2.75, 3.05) is 5.32 Å². The molecule has 3 heterocycles. The van der Waals surface area contributed by atoms with Crippen LogP contribution in [0.25, 0.3) is 11.3 Å². The van der Waals surface area contributed by atoms with E-state index >= 15 is 0 Å². The van der Waals surface area contributed by atoms with E-state index in [4.69, 9.17) is 9.72 Å². The zero-order valence-corrected chi connectivity index (χ0v) is 21.1. The summed E-state index contributed by atoms with van der Waals surface area (Å²) in [6.07, 6.45) is 1.05. The van der Waals surface area contributed by atoms with E-state index in [1.165, 1.54) is 16.9 Å². The molecule has 0 spiro atoms. The quantitative estimate of drug-likeness (QED) is 0.329. The maximum Gasteiger partial charge on any atom is 0.232 e. The van der Waals surface area contributed by atoms with Crippen molar-refractivity contribution in [2.24, 2.45) is 11.3 Å². The van der Waals surface area contributed by atoms with Crippen LogP contribution < -0.4 is 10.1 Å². The van der Waals surface area contributed by atoms with Crippen molar-refractivity contribution in [1.29, 1.82) is 0 Å². The number of para-hydroxylation sites is 1. The molecule has 2 aromatic carbocycles. The molecule has 0 saturated carbocycles. The number of benzene rings is 2. The Kier molecular flexibility index (Phi) is 6.11. The molecule has 1 N–H and O–H groups in total. The Bertz CT molecular complexity index is 1350. The molecule has 6 nitrogen and oxygen atoms in total. The van der Waals surface area contributed by atoms with E-state index in [2.05, 4.69) is 53.6 Å². The third-order valence-electron chi connectivity index (χ3n) is 6.42. The number of pyridine rings is 1. The van der Waals surface area contributed by atoms with E-state index in [9.17, 15) is 4.79 Å². The molecule has 178 valence electrons. The summed E-state index contributed by atoms with van der Waals surface area (Å²) < 4.78 is 6.26. The van der Waals surface area contributed by atoms with Crippen molar-refractivity contribution >= 4 is 22.4 Å². The maximum absolute atomic E-state index is 13.4. The highest BCUT2D eigenvalue weighted by Crippen LogP contribution is 2.52. The second-order valence-electron chi connectivity index (χ2n) is 9.88. The van der Waals surface area contributed by atoms with Gasteiger partial charge in [-0.15, -0.1) is 10.2 Å². The highest BCUT2D eigenvalue weighted by Gasteiger charge is 2.44. The van der Waals surface area contributed by atoms with Gasteiger partial charge in [-0.3, -0.25) is 4.79 Å². The van der Waals surface area contributed by atoms with Gasteiger partial charge in [0, 0.05) is 22.6 Å². The van der Waals surface area contributed by atoms with Gasteiger partial charge in [0.2, 0.25) is 16.9 Å². The fraction of sp³-hybridized carbons (Fsp3) is 0.286. The van der Waals surface area contributed by atoms with Crippen molar-refractivity contribution in [1.82, 2.24) is 15.2 Å². The van der Waals surface area contributed by atoms with Crippen molar-refractivity contribution in [2.45, 2.75) is 40.0 Å². The number of fused-ring (bicyclic) bond motifs is 2. The van der Waals surface area contributed by atoms with Crippen LogP contribution in [0.15, 0.2) is 66.2 Å². The van der Waals surface area contributed by atoms with Crippen molar-refractivity contribution in [3.63, 3.8) is 0 Å². The molecule has 1 aliphatic rings. The SMILES string of the molecule is CC(C)Cc1ccc(-c2ccc3c(n2)Oc2ccccc2[C@@H]3C(C)(C)C(=O)Nc2nncs2)cc1. The largest absolute Gasteiger partial charge is 0.438 e. The summed E-state index contributed by atoms with van der Waals surface area (Å²) in [5.74, 6) is 1.49. The van der Waals surface area contributed by atoms with Gasteiger partial charge in [-0.2, -0.15) is 0 Å². The van der Waals surface area contributed by atoms with Crippen LogP contribution in [0, 0.1) is 11.3 Å². The first-order valence-corrected chi connectivity index (χ1v) is 12.7. The Morgan fingerprint density at radius 2 is 1.83 bits per heavy atom. The number of nitrogens with one attached hydrogen (secondary N) is 1. The van der Waals surface area contributed by atoms with Gasteiger partial charge in [0.25, 0.3) is 0 Å². The van der Waals surface area contributed by atoms with Crippen LogP contribution in [0.2, 0.25) is 0 Å². The molecule has 7 heteroatoms. The number of amides is 1. The van der Waals surface area contributed by atoms with Gasteiger partial charge in [0.15, 0.2) is 0 Å². The molecule has 0 bridgehead atoms. The van der Waals surface area contributed by atoms with Crippen LogP contribution in [0.4, 0.5) is 5.13 Å². The molecule has 35 heavy (non-hydrogen) atoms. The molecular formula is C28H28N4O2S. The smallest absolute Gasteiger partial charge is 0.232 e. The summed E-state index contributed by atoms with van der Waals surface area (Å²) in [7, 11) is 0. The normalized spacial score (nSPS) is 14.7. The fourth-order valence-corrected chi connectivity index (χ4v) is 5.11. The van der Waals surface area contributed by atoms with Gasteiger partial charge in [0.05, 0.1) is 11.1 Å². The van der Waals surface area contributed by atoms with E-state index < -0.39 is 5.41 Å². The van der Waals surface area contributed by atoms with Crippen LogP contribution in [0.1, 0.15) is 50.3 Å². The number of hydrogen-bond acceptors (Lipinski definition) is 6. The number of ether oxygens (including phenoxy) is 1. The third kappa shape index (κ3) is 4.56. The third-order valence-corrected chi connectivity index (χ3v) is 7.03. The second-order valence-corrected chi connectivity index (χ2v) is 10.7. The summed E-state index contributed by atoms with van der Waals surface area (Å²) in [6, 6.07) is 20.5. The van der Waals surface area contributed by atoms with E-state index in [1.807, 2.05) is 50.2 Å². The molecule has 1 atom stereocenters. The number of rotatable bonds is 6. The lowest BCUT2D eigenvalue weighted by atomic mass is 9.69. The monoisotopic (exact) mass is 484 g/mol. The molecular weight excluding hydrogens is 456 g/mol. The predicted octanol–water partition coefficient (Wildman–Crippen LogP) is 6.70. The van der Waals surface area contributed by atoms with Gasteiger partial charge < -0.3 is 10.1 Å². The first-order chi connectivity index (χ1) is 16.8. The lowest BCUT2D eigenvalue weighted by Gasteiger charge is -2.37. The number of hydrogen-bond donors (Lipinski definition) is 1. The Labute approximate surface area is 209 Å². The van der Waals surface area contributed by atoms with E-state index in [-0.39, 0.29) is 11.8 Å². The molecule has 0 saturated heterocycles. The Morgan fingerprint density at radius 3 is 2.54 bits per heavy atom. The molecule has 2 aromatic heterocycles. The highest BCUT2D eigenvalue weighted by atomic mass is 32.1. The Hall–Kier alpha value is -3.58. The number of nitrogens with zero attached hydrogens (tertiary/aromatic N) is 3. The van der Waals surface area contributed by atoms with Crippen molar-refractivity contribution in [3.8, 4) is 22.9 Å². The van der Waals surface area contributed by atoms with Gasteiger partial charge in [-0.05, 0) is 30.0 Å². The number of carbonyl (C=O) groups is 1. The highest BCUT2D eigenvalue weighted by molar-refractivity contribution is 7.13. The average Bonchev–Trinajstić information content (AvgIpc) is 3.35. The zero-order chi connectivity index (χ0) is 24.6. The van der Waals surface area contributed by atoms with Crippen LogP contribution in [0.3, 0.4) is 0 Å². The van der Waals surface area contributed by atoms with E-state index in [0.717, 1.165) is 34.6 Å². The summed E-state index contributed by atoms with van der Waals surface area (Å²) in [5, 5.41) is 11.2. The van der Waals surface area contributed by atoms with Gasteiger partial charge in [-0.1, -0.05) is 87.6 Å². The first-order valence-electron chi connectivity index (χ1n) is 11.8. The zero-order valence-electron chi connectivity index (χ0n) is 20.3. The molecule has 0 fully saturated rings. The van der Waals surface area contributed by atoms with Gasteiger partial charge in [-0.25, -0.2) is 4.98 Å². The topological polar surface area (TPSA) is 77.0 Å². The maximum atomic E-state index is 13.4. The second kappa shape index (κ2) is 9.23. The number of aromatic nitrogens is 3. The summed E-state index contributed by atoms with van der Waals surface area (Å²) in [5.41, 5.74) is 5.84. The molecule has 1 aliphatic heterocycles. The van der Waals surface area contributed by atoms with Crippen LogP contribution in [-0.2, 0) is 11.2 Å². The summed E-state index contributed by atoms with van der Waals surface area (Å²) in [4.78, 5) is 18.3. The minimum atomic E-state index is -0.804. The lowest BCUT2D eigenvalue weighted by molar-refractivity contribution is -0.124. The minimum Gasteiger partial charge on any atom is -0.438 e. The average molecular weight is 485 g/mol. The minimum absolute atomic E-state index is 0.133. The standard InChI is InChI=1S/C28H28N4O2S/c1-17(2)15-18-9-11-19(12-10-18)22-14-13-21-24(20-7-5-6-8-23(20)34-25(21)30-22)28(3,4)26(33)31-27-32-29-16-35-27/h5-14,16-17,24H,15H2,1-4H3,(H,31,32,33)/t24-/m0/s1. The molecule has 0 aliphatic carbocycles.